The third kappa shape index (κ3) is 3.60. The molecule has 4 nitrogen and oxygen atoms in total. The first-order valence-corrected chi connectivity index (χ1v) is 8.75. The number of halogens is 1. The topological polar surface area (TPSA) is 56.3 Å². The first-order chi connectivity index (χ1) is 8.88. The second-order valence-electron chi connectivity index (χ2n) is 5.25. The molecule has 2 rings (SSSR count). The Morgan fingerprint density at radius 2 is 2.05 bits per heavy atom. The van der Waals surface area contributed by atoms with Gasteiger partial charge in [0, 0.05) is 16.9 Å². The first kappa shape index (κ1) is 14.6. The molecule has 1 fully saturated rings. The van der Waals surface area contributed by atoms with E-state index in [4.69, 9.17) is 15.4 Å². The van der Waals surface area contributed by atoms with Gasteiger partial charge in [-0.2, -0.15) is 0 Å². The predicted molar refractivity (Wildman–Crippen MR) is 73.9 cm³/mol. The van der Waals surface area contributed by atoms with Crippen LogP contribution in [0.1, 0.15) is 33.1 Å². The third-order valence-corrected chi connectivity index (χ3v) is 5.16. The summed E-state index contributed by atoms with van der Waals surface area (Å²) in [5, 5.41) is 0. The largest absolute Gasteiger partial charge is 0.473 e. The lowest BCUT2D eigenvalue weighted by Gasteiger charge is -2.32. The summed E-state index contributed by atoms with van der Waals surface area (Å²) in [7, 11) is 1.56. The molecule has 0 spiro atoms. The molecule has 1 aliphatic rings. The minimum absolute atomic E-state index is 0.0123. The summed E-state index contributed by atoms with van der Waals surface area (Å²) >= 11 is 0. The van der Waals surface area contributed by atoms with E-state index in [1.54, 1.807) is 0 Å². The molecule has 0 saturated heterocycles. The van der Waals surface area contributed by atoms with Crippen molar-refractivity contribution in [2.24, 2.45) is 11.8 Å². The maximum absolute atomic E-state index is 11.5. The molecule has 3 unspecified atom stereocenters. The molecule has 6 heteroatoms. The Hall–Kier alpha value is -0.810. The normalized spacial score (nSPS) is 28.1. The van der Waals surface area contributed by atoms with Gasteiger partial charge in [-0.25, -0.2) is 13.4 Å². The lowest BCUT2D eigenvalue weighted by atomic mass is 9.80. The highest BCUT2D eigenvalue weighted by atomic mass is 35.7. The molecule has 0 aromatic carbocycles. The summed E-state index contributed by atoms with van der Waals surface area (Å²) in [6.45, 7) is 4.42. The number of pyridine rings is 1. The number of hydrogen-bond donors (Lipinski definition) is 0. The Bertz CT molecular complexity index is 547. The van der Waals surface area contributed by atoms with Crippen molar-refractivity contribution in [1.82, 2.24) is 4.98 Å². The summed E-state index contributed by atoms with van der Waals surface area (Å²) < 4.78 is 28.7. The van der Waals surface area contributed by atoms with Crippen LogP contribution in [0.2, 0.25) is 0 Å². The summed E-state index contributed by atoms with van der Waals surface area (Å²) in [5.41, 5.74) is 0. The van der Waals surface area contributed by atoms with Crippen LogP contribution in [0.25, 0.3) is 0 Å². The summed E-state index contributed by atoms with van der Waals surface area (Å²) in [4.78, 5) is 3.94. The smallest absolute Gasteiger partial charge is 0.266 e. The Morgan fingerprint density at radius 1 is 1.32 bits per heavy atom. The van der Waals surface area contributed by atoms with E-state index in [0.717, 1.165) is 19.3 Å². The number of nitrogens with zero attached hydrogens (tertiary/aromatic N) is 1. The van der Waals surface area contributed by atoms with Gasteiger partial charge in [-0.3, -0.25) is 0 Å². The van der Waals surface area contributed by atoms with E-state index in [0.29, 0.717) is 11.8 Å². The Kier molecular flexibility index (Phi) is 4.36. The zero-order valence-corrected chi connectivity index (χ0v) is 12.6. The van der Waals surface area contributed by atoms with E-state index in [9.17, 15) is 8.42 Å². The zero-order valence-electron chi connectivity index (χ0n) is 11.0. The summed E-state index contributed by atoms with van der Waals surface area (Å²) in [6, 6.07) is 2.95. The molecule has 1 saturated carbocycles. The molecule has 1 aliphatic carbocycles. The van der Waals surface area contributed by atoms with Crippen LogP contribution in [0.4, 0.5) is 0 Å². The van der Waals surface area contributed by atoms with Gasteiger partial charge in [0.05, 0.1) is 0 Å². The maximum atomic E-state index is 11.5. The summed E-state index contributed by atoms with van der Waals surface area (Å²) in [6.07, 6.45) is 4.44. The van der Waals surface area contributed by atoms with E-state index in [1.165, 1.54) is 18.3 Å². The van der Waals surface area contributed by atoms with Gasteiger partial charge >= 0.3 is 0 Å². The molecule has 0 radical (unpaired) electrons. The van der Waals surface area contributed by atoms with Crippen molar-refractivity contribution in [3.05, 3.63) is 18.3 Å². The average Bonchev–Trinajstić information content (AvgIpc) is 2.33. The van der Waals surface area contributed by atoms with Crippen LogP contribution in [-0.4, -0.2) is 19.5 Å². The highest BCUT2D eigenvalue weighted by Gasteiger charge is 2.28. The first-order valence-electron chi connectivity index (χ1n) is 6.44. The van der Waals surface area contributed by atoms with Crippen LogP contribution in [0.15, 0.2) is 23.2 Å². The molecule has 0 amide bonds. The molecule has 1 heterocycles. The molecule has 3 atom stereocenters. The molecule has 1 aromatic rings. The van der Waals surface area contributed by atoms with Gasteiger partial charge in [-0.1, -0.05) is 13.8 Å². The van der Waals surface area contributed by atoms with E-state index in [1.807, 2.05) is 0 Å². The fourth-order valence-corrected chi connectivity index (χ4v) is 3.32. The van der Waals surface area contributed by atoms with E-state index >= 15 is 0 Å². The van der Waals surface area contributed by atoms with Gasteiger partial charge in [-0.15, -0.1) is 0 Å². The molecule has 106 valence electrons. The van der Waals surface area contributed by atoms with Crippen molar-refractivity contribution in [2.75, 3.05) is 0 Å². The SMILES string of the molecule is CC1CCC(Oc2ncccc2S(=O)(=O)Cl)CC1C. The molecule has 0 bridgehead atoms. The second kappa shape index (κ2) is 5.67. The van der Waals surface area contributed by atoms with E-state index in [-0.39, 0.29) is 16.9 Å². The number of ether oxygens (including phenoxy) is 1. The van der Waals surface area contributed by atoms with Crippen molar-refractivity contribution in [3.63, 3.8) is 0 Å². The van der Waals surface area contributed by atoms with Crippen LogP contribution in [0, 0.1) is 11.8 Å². The zero-order chi connectivity index (χ0) is 14.0. The van der Waals surface area contributed by atoms with Crippen molar-refractivity contribution in [1.29, 1.82) is 0 Å². The molecule has 0 N–H and O–H groups in total. The molecule has 19 heavy (non-hydrogen) atoms. The van der Waals surface area contributed by atoms with E-state index in [2.05, 4.69) is 18.8 Å². The Balaban J connectivity index is 2.16. The van der Waals surface area contributed by atoms with E-state index < -0.39 is 9.05 Å². The van der Waals surface area contributed by atoms with Crippen molar-refractivity contribution in [2.45, 2.75) is 44.1 Å². The molecule has 1 aromatic heterocycles. The lowest BCUT2D eigenvalue weighted by Crippen LogP contribution is -2.29. The fourth-order valence-electron chi connectivity index (χ4n) is 2.41. The van der Waals surface area contributed by atoms with Gasteiger partial charge in [-0.05, 0) is 43.2 Å². The minimum atomic E-state index is -3.82. The Morgan fingerprint density at radius 3 is 2.68 bits per heavy atom. The van der Waals surface area contributed by atoms with Gasteiger partial charge < -0.3 is 4.74 Å². The highest BCUT2D eigenvalue weighted by Crippen LogP contribution is 2.33. The van der Waals surface area contributed by atoms with Crippen molar-refractivity contribution in [3.8, 4) is 5.88 Å². The average molecular weight is 304 g/mol. The third-order valence-electron chi connectivity index (χ3n) is 3.83. The fraction of sp³-hybridized carbons (Fsp3) is 0.615. The van der Waals surface area contributed by atoms with Gasteiger partial charge in [0.25, 0.3) is 9.05 Å². The monoisotopic (exact) mass is 303 g/mol. The van der Waals surface area contributed by atoms with Crippen LogP contribution < -0.4 is 4.74 Å². The van der Waals surface area contributed by atoms with Gasteiger partial charge in [0.1, 0.15) is 11.0 Å². The molecule has 0 aliphatic heterocycles. The quantitative estimate of drug-likeness (QED) is 0.805. The van der Waals surface area contributed by atoms with Crippen molar-refractivity contribution < 1.29 is 13.2 Å². The highest BCUT2D eigenvalue weighted by molar-refractivity contribution is 8.13. The predicted octanol–water partition coefficient (Wildman–Crippen LogP) is 3.21. The lowest BCUT2D eigenvalue weighted by molar-refractivity contribution is 0.0936. The summed E-state index contributed by atoms with van der Waals surface area (Å²) in [5.74, 6) is 1.36. The molecular formula is C13H18ClNO3S. The van der Waals surface area contributed by atoms with Crippen LogP contribution in [-0.2, 0) is 9.05 Å². The van der Waals surface area contributed by atoms with Crippen LogP contribution >= 0.6 is 10.7 Å². The number of aromatic nitrogens is 1. The number of rotatable bonds is 3. The van der Waals surface area contributed by atoms with Crippen LogP contribution in [0.5, 0.6) is 5.88 Å². The van der Waals surface area contributed by atoms with Crippen LogP contribution in [0.3, 0.4) is 0 Å². The van der Waals surface area contributed by atoms with Crippen molar-refractivity contribution >= 4 is 19.7 Å². The Labute approximate surface area is 118 Å². The maximum Gasteiger partial charge on any atom is 0.266 e. The van der Waals surface area contributed by atoms with Gasteiger partial charge in [0.2, 0.25) is 5.88 Å². The minimum Gasteiger partial charge on any atom is -0.473 e. The second-order valence-corrected chi connectivity index (χ2v) is 7.79. The molecular weight excluding hydrogens is 286 g/mol. The number of hydrogen-bond acceptors (Lipinski definition) is 4. The standard InChI is InChI=1S/C13H18ClNO3S/c1-9-5-6-11(8-10(9)2)18-13-12(19(14,16)17)4-3-7-15-13/h3-4,7,9-11H,5-6,8H2,1-2H3. The van der Waals surface area contributed by atoms with Gasteiger partial charge in [0.15, 0.2) is 0 Å².